The SMILES string of the molecule is Cl.N[C@H]1C[C@@H]1c1ccc(-c2ccc3sccc3c2)nc1. The molecule has 4 heteroatoms. The molecular weight excluding hydrogens is 288 g/mol. The van der Waals surface area contributed by atoms with Crippen LogP contribution in [0.5, 0.6) is 0 Å². The van der Waals surface area contributed by atoms with Crippen molar-refractivity contribution in [1.82, 2.24) is 4.98 Å². The van der Waals surface area contributed by atoms with Crippen LogP contribution >= 0.6 is 23.7 Å². The maximum absolute atomic E-state index is 5.87. The highest BCUT2D eigenvalue weighted by atomic mass is 35.5. The van der Waals surface area contributed by atoms with Crippen molar-refractivity contribution in [3.8, 4) is 11.3 Å². The Morgan fingerprint density at radius 2 is 2.00 bits per heavy atom. The molecule has 0 amide bonds. The Morgan fingerprint density at radius 3 is 2.70 bits per heavy atom. The highest BCUT2D eigenvalue weighted by Gasteiger charge is 2.34. The number of benzene rings is 1. The van der Waals surface area contributed by atoms with Crippen LogP contribution in [0.15, 0.2) is 48.0 Å². The fourth-order valence-corrected chi connectivity index (χ4v) is 3.29. The van der Waals surface area contributed by atoms with E-state index < -0.39 is 0 Å². The molecular formula is C16H15ClN2S. The van der Waals surface area contributed by atoms with E-state index in [-0.39, 0.29) is 12.4 Å². The summed E-state index contributed by atoms with van der Waals surface area (Å²) in [6.45, 7) is 0. The van der Waals surface area contributed by atoms with Crippen LogP contribution in [0.2, 0.25) is 0 Å². The summed E-state index contributed by atoms with van der Waals surface area (Å²) in [5, 5.41) is 3.41. The van der Waals surface area contributed by atoms with Gasteiger partial charge in [-0.25, -0.2) is 0 Å². The van der Waals surface area contributed by atoms with Crippen molar-refractivity contribution in [2.45, 2.75) is 18.4 Å². The molecule has 0 radical (unpaired) electrons. The second-order valence-corrected chi connectivity index (χ2v) is 6.10. The number of pyridine rings is 1. The van der Waals surface area contributed by atoms with Crippen LogP contribution in [0.3, 0.4) is 0 Å². The maximum atomic E-state index is 5.87. The number of thiophene rings is 1. The van der Waals surface area contributed by atoms with E-state index >= 15 is 0 Å². The fraction of sp³-hybridized carbons (Fsp3) is 0.188. The summed E-state index contributed by atoms with van der Waals surface area (Å²) in [6, 6.07) is 13.3. The number of hydrogen-bond acceptors (Lipinski definition) is 3. The van der Waals surface area contributed by atoms with Crippen molar-refractivity contribution in [3.05, 3.63) is 53.5 Å². The molecule has 1 aromatic carbocycles. The Labute approximate surface area is 128 Å². The average Bonchev–Trinajstić information content (AvgIpc) is 3.00. The highest BCUT2D eigenvalue weighted by molar-refractivity contribution is 7.17. The smallest absolute Gasteiger partial charge is 0.0702 e. The molecule has 2 N–H and O–H groups in total. The van der Waals surface area contributed by atoms with Crippen molar-refractivity contribution in [2.24, 2.45) is 5.73 Å². The summed E-state index contributed by atoms with van der Waals surface area (Å²) in [7, 11) is 0. The molecule has 0 spiro atoms. The van der Waals surface area contributed by atoms with E-state index in [4.69, 9.17) is 5.73 Å². The monoisotopic (exact) mass is 302 g/mol. The Bertz CT molecular complexity index is 736. The first-order chi connectivity index (χ1) is 9.31. The van der Waals surface area contributed by atoms with Gasteiger partial charge in [-0.2, -0.15) is 0 Å². The van der Waals surface area contributed by atoms with E-state index in [1.807, 2.05) is 6.20 Å². The van der Waals surface area contributed by atoms with Gasteiger partial charge in [0, 0.05) is 28.4 Å². The van der Waals surface area contributed by atoms with Crippen LogP contribution in [-0.2, 0) is 0 Å². The number of nitrogens with zero attached hydrogens (tertiary/aromatic N) is 1. The van der Waals surface area contributed by atoms with E-state index in [1.165, 1.54) is 21.2 Å². The quantitative estimate of drug-likeness (QED) is 0.770. The normalized spacial score (nSPS) is 20.6. The third-order valence-corrected chi connectivity index (χ3v) is 4.70. The fourth-order valence-electron chi connectivity index (χ4n) is 2.52. The molecule has 0 unspecified atom stereocenters. The summed E-state index contributed by atoms with van der Waals surface area (Å²) in [5.74, 6) is 0.529. The average molecular weight is 303 g/mol. The Kier molecular flexibility index (Phi) is 3.50. The Balaban J connectivity index is 0.00000121. The van der Waals surface area contributed by atoms with Gasteiger partial charge in [-0.1, -0.05) is 12.1 Å². The molecule has 102 valence electrons. The van der Waals surface area contributed by atoms with Gasteiger partial charge in [0.2, 0.25) is 0 Å². The summed E-state index contributed by atoms with van der Waals surface area (Å²) in [4.78, 5) is 4.58. The minimum Gasteiger partial charge on any atom is -0.327 e. The van der Waals surface area contributed by atoms with E-state index in [1.54, 1.807) is 11.3 Å². The van der Waals surface area contributed by atoms with Crippen LogP contribution in [0.4, 0.5) is 0 Å². The molecule has 1 fully saturated rings. The zero-order chi connectivity index (χ0) is 12.8. The van der Waals surface area contributed by atoms with E-state index in [0.29, 0.717) is 12.0 Å². The molecule has 2 nitrogen and oxygen atoms in total. The lowest BCUT2D eigenvalue weighted by molar-refractivity contribution is 0.981. The minimum absolute atomic E-state index is 0. The van der Waals surface area contributed by atoms with Crippen LogP contribution in [-0.4, -0.2) is 11.0 Å². The molecule has 2 heterocycles. The number of halogens is 1. The molecule has 2 atom stereocenters. The Morgan fingerprint density at radius 1 is 1.15 bits per heavy atom. The predicted molar refractivity (Wildman–Crippen MR) is 87.6 cm³/mol. The summed E-state index contributed by atoms with van der Waals surface area (Å²) in [5.41, 5.74) is 9.35. The van der Waals surface area contributed by atoms with Gasteiger partial charge in [0.05, 0.1) is 5.69 Å². The molecule has 2 aromatic heterocycles. The van der Waals surface area contributed by atoms with Crippen molar-refractivity contribution < 1.29 is 0 Å². The summed E-state index contributed by atoms with van der Waals surface area (Å²) < 4.78 is 1.32. The lowest BCUT2D eigenvalue weighted by Gasteiger charge is -2.03. The van der Waals surface area contributed by atoms with Crippen molar-refractivity contribution in [2.75, 3.05) is 0 Å². The van der Waals surface area contributed by atoms with Gasteiger partial charge in [-0.15, -0.1) is 23.7 Å². The van der Waals surface area contributed by atoms with Crippen molar-refractivity contribution in [1.29, 1.82) is 0 Å². The molecule has 0 aliphatic heterocycles. The molecule has 4 rings (SSSR count). The largest absolute Gasteiger partial charge is 0.327 e. The van der Waals surface area contributed by atoms with Gasteiger partial charge in [0.25, 0.3) is 0 Å². The number of aromatic nitrogens is 1. The van der Waals surface area contributed by atoms with E-state index in [2.05, 4.69) is 46.8 Å². The third kappa shape index (κ3) is 2.33. The van der Waals surface area contributed by atoms with Crippen LogP contribution in [0, 0.1) is 0 Å². The molecule has 1 saturated carbocycles. The summed E-state index contributed by atoms with van der Waals surface area (Å²) in [6.07, 6.45) is 3.08. The lowest BCUT2D eigenvalue weighted by Crippen LogP contribution is -2.01. The molecule has 0 saturated heterocycles. The van der Waals surface area contributed by atoms with Gasteiger partial charge >= 0.3 is 0 Å². The number of nitrogens with two attached hydrogens (primary N) is 1. The van der Waals surface area contributed by atoms with Gasteiger partial charge in [0.1, 0.15) is 0 Å². The first-order valence-corrected chi connectivity index (χ1v) is 7.38. The molecule has 20 heavy (non-hydrogen) atoms. The third-order valence-electron chi connectivity index (χ3n) is 3.80. The van der Waals surface area contributed by atoms with Gasteiger partial charge < -0.3 is 5.73 Å². The second kappa shape index (κ2) is 5.17. The zero-order valence-electron chi connectivity index (χ0n) is 10.8. The maximum Gasteiger partial charge on any atom is 0.0702 e. The standard InChI is InChI=1S/C16H14N2S.ClH/c17-14-8-13(14)12-1-3-15(18-9-12)10-2-4-16-11(7-10)5-6-19-16;/h1-7,9,13-14H,8,17H2;1H/t13-,14+;/m1./s1. The van der Waals surface area contributed by atoms with E-state index in [0.717, 1.165) is 12.1 Å². The van der Waals surface area contributed by atoms with Crippen LogP contribution in [0.25, 0.3) is 21.3 Å². The number of rotatable bonds is 2. The first kappa shape index (κ1) is 13.6. The molecule has 3 aromatic rings. The van der Waals surface area contributed by atoms with Gasteiger partial charge in [0.15, 0.2) is 0 Å². The second-order valence-electron chi connectivity index (χ2n) is 5.16. The van der Waals surface area contributed by atoms with Gasteiger partial charge in [-0.3, -0.25) is 4.98 Å². The minimum atomic E-state index is 0. The number of hydrogen-bond donors (Lipinski definition) is 1. The molecule has 0 bridgehead atoms. The van der Waals surface area contributed by atoms with E-state index in [9.17, 15) is 0 Å². The highest BCUT2D eigenvalue weighted by Crippen LogP contribution is 2.39. The first-order valence-electron chi connectivity index (χ1n) is 6.50. The zero-order valence-corrected chi connectivity index (χ0v) is 12.5. The molecule has 1 aliphatic rings. The van der Waals surface area contributed by atoms with Crippen molar-refractivity contribution >= 4 is 33.8 Å². The Hall–Kier alpha value is -1.42. The molecule has 1 aliphatic carbocycles. The predicted octanol–water partition coefficient (Wildman–Crippen LogP) is 4.20. The summed E-state index contributed by atoms with van der Waals surface area (Å²) >= 11 is 1.77. The lowest BCUT2D eigenvalue weighted by atomic mass is 10.1. The topological polar surface area (TPSA) is 38.9 Å². The number of fused-ring (bicyclic) bond motifs is 1. The van der Waals surface area contributed by atoms with Gasteiger partial charge in [-0.05, 0) is 47.0 Å². The van der Waals surface area contributed by atoms with Crippen LogP contribution in [0.1, 0.15) is 17.9 Å². The van der Waals surface area contributed by atoms with Crippen molar-refractivity contribution in [3.63, 3.8) is 0 Å². The van der Waals surface area contributed by atoms with Crippen LogP contribution < -0.4 is 5.73 Å².